The van der Waals surface area contributed by atoms with Crippen LogP contribution in [0, 0.1) is 6.92 Å². The number of rotatable bonds is 4. The second-order valence-corrected chi connectivity index (χ2v) is 7.21. The zero-order chi connectivity index (χ0) is 20.2. The first-order chi connectivity index (χ1) is 14.1. The van der Waals surface area contributed by atoms with Gasteiger partial charge in [-0.25, -0.2) is 4.79 Å². The number of nitrogens with one attached hydrogen (secondary N) is 2. The largest absolute Gasteiger partial charge is 0.334 e. The number of urea groups is 1. The van der Waals surface area contributed by atoms with E-state index in [0.717, 1.165) is 34.5 Å². The van der Waals surface area contributed by atoms with Crippen LogP contribution in [0.15, 0.2) is 72.8 Å². The number of hydrogen-bond donors (Lipinski definition) is 2. The van der Waals surface area contributed by atoms with Gasteiger partial charge in [-0.15, -0.1) is 0 Å². The Balaban J connectivity index is 1.42. The van der Waals surface area contributed by atoms with Gasteiger partial charge in [-0.2, -0.15) is 0 Å². The van der Waals surface area contributed by atoms with E-state index in [4.69, 9.17) is 0 Å². The Morgan fingerprint density at radius 1 is 0.966 bits per heavy atom. The number of aryl methyl sites for hydroxylation is 1. The molecule has 0 fully saturated rings. The maximum atomic E-state index is 12.9. The van der Waals surface area contributed by atoms with E-state index >= 15 is 0 Å². The molecule has 0 aliphatic carbocycles. The van der Waals surface area contributed by atoms with E-state index in [9.17, 15) is 9.59 Å². The van der Waals surface area contributed by atoms with Gasteiger partial charge in [-0.05, 0) is 54.8 Å². The third-order valence-corrected chi connectivity index (χ3v) is 5.07. The third kappa shape index (κ3) is 4.29. The van der Waals surface area contributed by atoms with Crippen LogP contribution in [-0.4, -0.2) is 18.5 Å². The van der Waals surface area contributed by atoms with Crippen molar-refractivity contribution < 1.29 is 9.59 Å². The Morgan fingerprint density at radius 3 is 2.48 bits per heavy atom. The van der Waals surface area contributed by atoms with E-state index in [2.05, 4.69) is 10.6 Å². The first kappa shape index (κ1) is 18.7. The Morgan fingerprint density at radius 2 is 1.72 bits per heavy atom. The first-order valence-corrected chi connectivity index (χ1v) is 9.70. The van der Waals surface area contributed by atoms with Crippen LogP contribution in [0.25, 0.3) is 0 Å². The standard InChI is InChI=1S/C24H23N3O2/c1-17-7-11-21(12-8-17)26-24(29)25-16-18-9-10-19-13-14-27(22(19)15-18)23(28)20-5-3-2-4-6-20/h2-12,15H,13-14,16H2,1H3,(H2,25,26,29). The van der Waals surface area contributed by atoms with Crippen LogP contribution < -0.4 is 15.5 Å². The molecule has 0 radical (unpaired) electrons. The van der Waals surface area contributed by atoms with Gasteiger partial charge in [0.15, 0.2) is 0 Å². The van der Waals surface area contributed by atoms with Crippen molar-refractivity contribution in [2.24, 2.45) is 0 Å². The molecule has 0 saturated heterocycles. The van der Waals surface area contributed by atoms with Crippen molar-refractivity contribution in [3.63, 3.8) is 0 Å². The predicted octanol–water partition coefficient (Wildman–Crippen LogP) is 4.52. The highest BCUT2D eigenvalue weighted by molar-refractivity contribution is 6.07. The molecule has 0 unspecified atom stereocenters. The first-order valence-electron chi connectivity index (χ1n) is 9.70. The molecule has 1 heterocycles. The topological polar surface area (TPSA) is 61.4 Å². The van der Waals surface area contributed by atoms with E-state index in [-0.39, 0.29) is 11.9 Å². The van der Waals surface area contributed by atoms with Gasteiger partial charge in [0.05, 0.1) is 0 Å². The van der Waals surface area contributed by atoms with Crippen molar-refractivity contribution in [1.29, 1.82) is 0 Å². The van der Waals surface area contributed by atoms with Crippen LogP contribution in [0.3, 0.4) is 0 Å². The molecule has 146 valence electrons. The summed E-state index contributed by atoms with van der Waals surface area (Å²) in [5, 5.41) is 5.70. The molecule has 5 heteroatoms. The molecule has 0 saturated carbocycles. The average molecular weight is 385 g/mol. The Hall–Kier alpha value is -3.60. The van der Waals surface area contributed by atoms with E-state index in [1.54, 1.807) is 0 Å². The molecule has 1 aliphatic rings. The van der Waals surface area contributed by atoms with Crippen LogP contribution in [-0.2, 0) is 13.0 Å². The molecular weight excluding hydrogens is 362 g/mol. The summed E-state index contributed by atoms with van der Waals surface area (Å²) >= 11 is 0. The second kappa shape index (κ2) is 8.19. The third-order valence-electron chi connectivity index (χ3n) is 5.07. The summed E-state index contributed by atoms with van der Waals surface area (Å²) in [6.07, 6.45) is 0.843. The molecule has 3 aromatic carbocycles. The summed E-state index contributed by atoms with van der Waals surface area (Å²) in [5.74, 6) is 0.00609. The molecule has 3 amide bonds. The van der Waals surface area contributed by atoms with Crippen molar-refractivity contribution >= 4 is 23.3 Å². The van der Waals surface area contributed by atoms with Crippen LogP contribution in [0.4, 0.5) is 16.2 Å². The smallest absolute Gasteiger partial charge is 0.319 e. The molecule has 4 rings (SSSR count). The highest BCUT2D eigenvalue weighted by Gasteiger charge is 2.25. The highest BCUT2D eigenvalue weighted by atomic mass is 16.2. The highest BCUT2D eigenvalue weighted by Crippen LogP contribution is 2.30. The number of carbonyl (C=O) groups excluding carboxylic acids is 2. The summed E-state index contributed by atoms with van der Waals surface area (Å²) in [7, 11) is 0. The van der Waals surface area contributed by atoms with Crippen molar-refractivity contribution in [3.8, 4) is 0 Å². The normalized spacial score (nSPS) is 12.4. The quantitative estimate of drug-likeness (QED) is 0.694. The monoisotopic (exact) mass is 385 g/mol. The fourth-order valence-electron chi connectivity index (χ4n) is 3.48. The van der Waals surface area contributed by atoms with Gasteiger partial charge in [0.2, 0.25) is 0 Å². The molecule has 0 bridgehead atoms. The van der Waals surface area contributed by atoms with Crippen LogP contribution in [0.1, 0.15) is 27.0 Å². The van der Waals surface area contributed by atoms with Gasteiger partial charge in [0.1, 0.15) is 0 Å². The number of carbonyl (C=O) groups is 2. The summed E-state index contributed by atoms with van der Waals surface area (Å²) < 4.78 is 0. The van der Waals surface area contributed by atoms with E-state index in [0.29, 0.717) is 18.7 Å². The summed E-state index contributed by atoms with van der Waals surface area (Å²) in [6.45, 7) is 3.07. The maximum Gasteiger partial charge on any atom is 0.319 e. The van der Waals surface area contributed by atoms with Crippen molar-refractivity contribution in [1.82, 2.24) is 5.32 Å². The summed E-state index contributed by atoms with van der Waals surface area (Å²) in [5.41, 5.74) is 5.61. The minimum Gasteiger partial charge on any atom is -0.334 e. The number of benzene rings is 3. The zero-order valence-electron chi connectivity index (χ0n) is 16.3. The lowest BCUT2D eigenvalue weighted by molar-refractivity contribution is 0.0989. The molecule has 2 N–H and O–H groups in total. The number of nitrogens with zero attached hydrogens (tertiary/aromatic N) is 1. The Bertz CT molecular complexity index is 1030. The lowest BCUT2D eigenvalue weighted by Gasteiger charge is -2.18. The van der Waals surface area contributed by atoms with Crippen LogP contribution >= 0.6 is 0 Å². The SMILES string of the molecule is Cc1ccc(NC(=O)NCc2ccc3c(c2)N(C(=O)c2ccccc2)CC3)cc1. The van der Waals surface area contributed by atoms with Gasteiger partial charge in [-0.1, -0.05) is 48.0 Å². The van der Waals surface area contributed by atoms with Crippen LogP contribution in [0.2, 0.25) is 0 Å². The molecule has 29 heavy (non-hydrogen) atoms. The Kier molecular flexibility index (Phi) is 5.29. The van der Waals surface area contributed by atoms with Gasteiger partial charge in [0, 0.05) is 30.0 Å². The average Bonchev–Trinajstić information content (AvgIpc) is 3.17. The lowest BCUT2D eigenvalue weighted by Crippen LogP contribution is -2.29. The molecule has 0 atom stereocenters. The fourth-order valence-corrected chi connectivity index (χ4v) is 3.48. The summed E-state index contributed by atoms with van der Waals surface area (Å²) in [4.78, 5) is 26.9. The predicted molar refractivity (Wildman–Crippen MR) is 115 cm³/mol. The van der Waals surface area contributed by atoms with Crippen molar-refractivity contribution in [3.05, 3.63) is 95.1 Å². The number of fused-ring (bicyclic) bond motifs is 1. The van der Waals surface area contributed by atoms with E-state index in [1.807, 2.05) is 84.6 Å². The molecule has 0 aromatic heterocycles. The minimum absolute atomic E-state index is 0.00609. The fraction of sp³-hybridized carbons (Fsp3) is 0.167. The van der Waals surface area contributed by atoms with Crippen molar-refractivity contribution in [2.45, 2.75) is 19.9 Å². The molecular formula is C24H23N3O2. The van der Waals surface area contributed by atoms with Gasteiger partial charge < -0.3 is 15.5 Å². The molecule has 1 aliphatic heterocycles. The number of amides is 3. The van der Waals surface area contributed by atoms with Gasteiger partial charge in [-0.3, -0.25) is 4.79 Å². The minimum atomic E-state index is -0.258. The Labute approximate surface area is 170 Å². The van der Waals surface area contributed by atoms with E-state index < -0.39 is 0 Å². The van der Waals surface area contributed by atoms with E-state index in [1.165, 1.54) is 0 Å². The molecule has 0 spiro atoms. The number of hydrogen-bond acceptors (Lipinski definition) is 2. The second-order valence-electron chi connectivity index (χ2n) is 7.21. The zero-order valence-corrected chi connectivity index (χ0v) is 16.3. The van der Waals surface area contributed by atoms with Crippen LogP contribution in [0.5, 0.6) is 0 Å². The van der Waals surface area contributed by atoms with Crippen molar-refractivity contribution in [2.75, 3.05) is 16.8 Å². The maximum absolute atomic E-state index is 12.9. The van der Waals surface area contributed by atoms with Gasteiger partial charge in [0.25, 0.3) is 5.91 Å². The lowest BCUT2D eigenvalue weighted by atomic mass is 10.1. The molecule has 5 nitrogen and oxygen atoms in total. The molecule has 3 aromatic rings. The summed E-state index contributed by atoms with van der Waals surface area (Å²) in [6, 6.07) is 22.7. The van der Waals surface area contributed by atoms with Gasteiger partial charge >= 0.3 is 6.03 Å². The number of anilines is 2.